The van der Waals surface area contributed by atoms with E-state index in [1.807, 2.05) is 0 Å². The molecule has 0 fully saturated rings. The number of pyridine rings is 1. The Balaban J connectivity index is 2.94. The summed E-state index contributed by atoms with van der Waals surface area (Å²) in [6.45, 7) is 0. The molecule has 0 radical (unpaired) electrons. The van der Waals surface area contributed by atoms with Gasteiger partial charge >= 0.3 is 12.3 Å². The first kappa shape index (κ1) is 13.6. The lowest BCUT2D eigenvalue weighted by molar-refractivity contribution is 0.117. The summed E-state index contributed by atoms with van der Waals surface area (Å²) < 4.78 is 23.0. The summed E-state index contributed by atoms with van der Waals surface area (Å²) in [4.78, 5) is 25.6. The second-order valence-corrected chi connectivity index (χ2v) is 2.79. The molecule has 0 amide bonds. The molecule has 1 aromatic rings. The molecule has 8 heteroatoms. The average molecular weight is 257 g/mol. The Morgan fingerprint density at radius 3 is 2.17 bits per heavy atom. The third-order valence-corrected chi connectivity index (χ3v) is 1.74. The van der Waals surface area contributed by atoms with Gasteiger partial charge in [0, 0.05) is 6.07 Å². The van der Waals surface area contributed by atoms with Crippen molar-refractivity contribution in [2.75, 3.05) is 21.3 Å². The van der Waals surface area contributed by atoms with Crippen LogP contribution in [0.1, 0.15) is 0 Å². The van der Waals surface area contributed by atoms with Crippen molar-refractivity contribution in [2.45, 2.75) is 0 Å². The van der Waals surface area contributed by atoms with Crippen molar-refractivity contribution < 1.29 is 33.3 Å². The van der Waals surface area contributed by atoms with E-state index in [2.05, 4.69) is 19.2 Å². The molecule has 18 heavy (non-hydrogen) atoms. The zero-order valence-electron chi connectivity index (χ0n) is 9.96. The number of hydrogen-bond acceptors (Lipinski definition) is 8. The lowest BCUT2D eigenvalue weighted by atomic mass is 10.4. The molecule has 0 saturated carbocycles. The van der Waals surface area contributed by atoms with Gasteiger partial charge in [-0.25, -0.2) is 14.6 Å². The van der Waals surface area contributed by atoms with Gasteiger partial charge in [0.05, 0.1) is 27.5 Å². The number of ether oxygens (including phenoxy) is 5. The smallest absolute Gasteiger partial charge is 0.491 e. The molecule has 0 bridgehead atoms. The molecule has 0 aliphatic heterocycles. The predicted octanol–water partition coefficient (Wildman–Crippen LogP) is 1.38. The Labute approximate surface area is 102 Å². The molecule has 0 aromatic carbocycles. The lowest BCUT2D eigenvalue weighted by Crippen LogP contribution is -2.11. The lowest BCUT2D eigenvalue weighted by Gasteiger charge is -2.09. The summed E-state index contributed by atoms with van der Waals surface area (Å²) >= 11 is 0. The summed E-state index contributed by atoms with van der Waals surface area (Å²) in [5.41, 5.74) is 0. The van der Waals surface area contributed by atoms with Crippen molar-refractivity contribution in [2.24, 2.45) is 0 Å². The molecule has 0 saturated heterocycles. The second-order valence-electron chi connectivity index (χ2n) is 2.79. The Morgan fingerprint density at radius 2 is 1.61 bits per heavy atom. The highest BCUT2D eigenvalue weighted by atomic mass is 16.7. The fraction of sp³-hybridized carbons (Fsp3) is 0.300. The SMILES string of the molecule is COC(=O)Oc1cc(OC(=O)OC)c(OC)cn1. The normalized spacial score (nSPS) is 9.28. The van der Waals surface area contributed by atoms with Crippen LogP contribution in [0.4, 0.5) is 9.59 Å². The van der Waals surface area contributed by atoms with Crippen LogP contribution in [0.3, 0.4) is 0 Å². The third kappa shape index (κ3) is 3.51. The maximum absolute atomic E-state index is 11.0. The van der Waals surface area contributed by atoms with Crippen LogP contribution in [0.2, 0.25) is 0 Å². The second kappa shape index (κ2) is 6.28. The molecule has 0 unspecified atom stereocenters. The monoisotopic (exact) mass is 257 g/mol. The summed E-state index contributed by atoms with van der Waals surface area (Å²) in [7, 11) is 3.67. The van der Waals surface area contributed by atoms with Crippen LogP contribution >= 0.6 is 0 Å². The minimum absolute atomic E-state index is 0.00162. The van der Waals surface area contributed by atoms with E-state index in [4.69, 9.17) is 9.47 Å². The molecule has 0 aliphatic carbocycles. The Kier molecular flexibility index (Phi) is 4.73. The highest BCUT2D eigenvalue weighted by Crippen LogP contribution is 2.29. The van der Waals surface area contributed by atoms with Crippen molar-refractivity contribution in [3.8, 4) is 17.4 Å². The molecule has 0 aliphatic rings. The van der Waals surface area contributed by atoms with Crippen molar-refractivity contribution >= 4 is 12.3 Å². The molecule has 1 heterocycles. The summed E-state index contributed by atoms with van der Waals surface area (Å²) in [6.07, 6.45) is -0.670. The minimum atomic E-state index is -0.948. The Hall–Kier alpha value is -2.51. The van der Waals surface area contributed by atoms with Crippen LogP contribution in [0, 0.1) is 0 Å². The van der Waals surface area contributed by atoms with Gasteiger partial charge in [0.2, 0.25) is 5.88 Å². The number of nitrogens with zero attached hydrogens (tertiary/aromatic N) is 1. The fourth-order valence-corrected chi connectivity index (χ4v) is 0.954. The minimum Gasteiger partial charge on any atom is -0.491 e. The van der Waals surface area contributed by atoms with Gasteiger partial charge in [0.1, 0.15) is 0 Å². The van der Waals surface area contributed by atoms with Gasteiger partial charge < -0.3 is 23.7 Å². The maximum atomic E-state index is 11.0. The van der Waals surface area contributed by atoms with Crippen LogP contribution in [-0.2, 0) is 9.47 Å². The molecule has 0 N–H and O–H groups in total. The Bertz CT molecular complexity index is 446. The standard InChI is InChI=1S/C10H11NO7/c1-14-7-5-11-8(18-10(13)16-3)4-6(7)17-9(12)15-2/h4-5H,1-3H3. The molecule has 1 aromatic heterocycles. The fourth-order valence-electron chi connectivity index (χ4n) is 0.954. The number of rotatable bonds is 3. The number of hydrogen-bond donors (Lipinski definition) is 0. The van der Waals surface area contributed by atoms with Crippen LogP contribution in [0.5, 0.6) is 17.4 Å². The van der Waals surface area contributed by atoms with Crippen molar-refractivity contribution in [3.63, 3.8) is 0 Å². The van der Waals surface area contributed by atoms with Crippen LogP contribution in [-0.4, -0.2) is 38.6 Å². The molecule has 98 valence electrons. The van der Waals surface area contributed by atoms with Crippen molar-refractivity contribution in [3.05, 3.63) is 12.3 Å². The Morgan fingerprint density at radius 1 is 1.00 bits per heavy atom. The van der Waals surface area contributed by atoms with Gasteiger partial charge in [0.15, 0.2) is 11.5 Å². The van der Waals surface area contributed by atoms with Gasteiger partial charge in [0.25, 0.3) is 0 Å². The average Bonchev–Trinajstić information content (AvgIpc) is 2.38. The van der Waals surface area contributed by atoms with Crippen molar-refractivity contribution in [1.82, 2.24) is 4.98 Å². The van der Waals surface area contributed by atoms with Gasteiger partial charge in [-0.15, -0.1) is 0 Å². The zero-order valence-corrected chi connectivity index (χ0v) is 9.96. The summed E-state index contributed by atoms with van der Waals surface area (Å²) in [5, 5.41) is 0. The number of carbonyl (C=O) groups is 2. The molecule has 0 spiro atoms. The topological polar surface area (TPSA) is 93.2 Å². The number of methoxy groups -OCH3 is 3. The van der Waals surface area contributed by atoms with Crippen LogP contribution in [0.25, 0.3) is 0 Å². The predicted molar refractivity (Wildman–Crippen MR) is 56.9 cm³/mol. The van der Waals surface area contributed by atoms with Gasteiger partial charge in [-0.2, -0.15) is 0 Å². The molecule has 1 rings (SSSR count). The van der Waals surface area contributed by atoms with E-state index < -0.39 is 12.3 Å². The first-order valence-electron chi connectivity index (χ1n) is 4.66. The maximum Gasteiger partial charge on any atom is 0.514 e. The van der Waals surface area contributed by atoms with Crippen LogP contribution in [0.15, 0.2) is 12.3 Å². The van der Waals surface area contributed by atoms with E-state index in [0.717, 1.165) is 14.2 Å². The van der Waals surface area contributed by atoms with E-state index in [1.54, 1.807) is 0 Å². The number of aromatic nitrogens is 1. The van der Waals surface area contributed by atoms with Crippen molar-refractivity contribution in [1.29, 1.82) is 0 Å². The van der Waals surface area contributed by atoms with E-state index in [-0.39, 0.29) is 17.4 Å². The largest absolute Gasteiger partial charge is 0.514 e. The molecule has 0 atom stereocenters. The van der Waals surface area contributed by atoms with Gasteiger partial charge in [-0.05, 0) is 0 Å². The first-order chi connectivity index (χ1) is 8.60. The third-order valence-electron chi connectivity index (χ3n) is 1.74. The highest BCUT2D eigenvalue weighted by molar-refractivity contribution is 5.66. The first-order valence-corrected chi connectivity index (χ1v) is 4.66. The van der Waals surface area contributed by atoms with E-state index >= 15 is 0 Å². The molecular weight excluding hydrogens is 246 g/mol. The quantitative estimate of drug-likeness (QED) is 0.749. The van der Waals surface area contributed by atoms with Gasteiger partial charge in [-0.1, -0.05) is 0 Å². The molecule has 8 nitrogen and oxygen atoms in total. The van der Waals surface area contributed by atoms with Crippen LogP contribution < -0.4 is 14.2 Å². The van der Waals surface area contributed by atoms with Gasteiger partial charge in [-0.3, -0.25) is 0 Å². The molecular formula is C10H11NO7. The highest BCUT2D eigenvalue weighted by Gasteiger charge is 2.14. The van der Waals surface area contributed by atoms with E-state index in [1.165, 1.54) is 19.4 Å². The van der Waals surface area contributed by atoms with E-state index in [9.17, 15) is 9.59 Å². The number of carbonyl (C=O) groups excluding carboxylic acids is 2. The van der Waals surface area contributed by atoms with E-state index in [0.29, 0.717) is 0 Å². The summed E-state index contributed by atoms with van der Waals surface area (Å²) in [5.74, 6) is 0.0671. The zero-order chi connectivity index (χ0) is 13.5. The summed E-state index contributed by atoms with van der Waals surface area (Å²) in [6, 6.07) is 1.19.